The van der Waals surface area contributed by atoms with E-state index in [2.05, 4.69) is 0 Å². The molecule has 0 atom stereocenters. The second-order valence-corrected chi connectivity index (χ2v) is 3.72. The lowest BCUT2D eigenvalue weighted by molar-refractivity contribution is 1.26. The quantitative estimate of drug-likeness (QED) is 0.540. The Hall–Kier alpha value is -0.170. The first-order valence-corrected chi connectivity index (χ1v) is 5.18. The average Bonchev–Trinajstić information content (AvgIpc) is 2.09. The molecule has 13 heavy (non-hydrogen) atoms. The molecule has 0 amide bonds. The summed E-state index contributed by atoms with van der Waals surface area (Å²) in [6.45, 7) is 0. The van der Waals surface area contributed by atoms with Crippen molar-refractivity contribution in [3.8, 4) is 0 Å². The number of benzene rings is 1. The van der Waals surface area contributed by atoms with Crippen LogP contribution in [0.1, 0.15) is 5.56 Å². The van der Waals surface area contributed by atoms with Crippen LogP contribution in [0.4, 0.5) is 0 Å². The molecule has 70 valence electrons. The molecule has 1 aromatic rings. The van der Waals surface area contributed by atoms with Crippen LogP contribution >= 0.6 is 34.8 Å². The van der Waals surface area contributed by atoms with Crippen molar-refractivity contribution >= 4 is 34.8 Å². The van der Waals surface area contributed by atoms with Crippen LogP contribution in [0.2, 0.25) is 10.0 Å². The molecule has 0 spiro atoms. The van der Waals surface area contributed by atoms with Gasteiger partial charge in [-0.25, -0.2) is 0 Å². The smallest absolute Gasteiger partial charge is 0.0455 e. The molecule has 0 N–H and O–H groups in total. The van der Waals surface area contributed by atoms with Gasteiger partial charge in [0.15, 0.2) is 0 Å². The normalized spacial score (nSPS) is 11.0. The lowest BCUT2D eigenvalue weighted by Gasteiger charge is -2.00. The molecule has 0 aliphatic rings. The highest BCUT2D eigenvalue weighted by atomic mass is 35.5. The summed E-state index contributed by atoms with van der Waals surface area (Å²) in [6.07, 6.45) is 4.68. The molecule has 3 heteroatoms. The molecule has 0 heterocycles. The second kappa shape index (κ2) is 5.54. The van der Waals surface area contributed by atoms with E-state index in [0.29, 0.717) is 15.9 Å². The highest BCUT2D eigenvalue weighted by Crippen LogP contribution is 2.21. The van der Waals surface area contributed by atoms with Gasteiger partial charge in [0.2, 0.25) is 0 Å². The average molecular weight is 236 g/mol. The van der Waals surface area contributed by atoms with E-state index in [1.54, 1.807) is 6.07 Å². The zero-order valence-electron chi connectivity index (χ0n) is 6.93. The van der Waals surface area contributed by atoms with Crippen LogP contribution in [0, 0.1) is 0 Å². The van der Waals surface area contributed by atoms with Gasteiger partial charge in [0.05, 0.1) is 0 Å². The van der Waals surface area contributed by atoms with Crippen molar-refractivity contribution in [2.45, 2.75) is 6.42 Å². The molecule has 0 nitrogen and oxygen atoms in total. The Labute approximate surface area is 93.1 Å². The predicted octanol–water partition coefficient (Wildman–Crippen LogP) is 4.33. The molecule has 1 aromatic carbocycles. The van der Waals surface area contributed by atoms with Crippen LogP contribution in [0.15, 0.2) is 30.4 Å². The van der Waals surface area contributed by atoms with Gasteiger partial charge in [-0.1, -0.05) is 41.4 Å². The zero-order chi connectivity index (χ0) is 9.68. The van der Waals surface area contributed by atoms with Crippen molar-refractivity contribution in [1.29, 1.82) is 0 Å². The molecule has 0 aromatic heterocycles. The maximum atomic E-state index is 5.96. The highest BCUT2D eigenvalue weighted by molar-refractivity contribution is 6.35. The Bertz CT molecular complexity index is 305. The molecule has 0 aliphatic heterocycles. The van der Waals surface area contributed by atoms with Gasteiger partial charge in [-0.2, -0.15) is 0 Å². The molecule has 0 saturated heterocycles. The molecular formula is C10H9Cl3. The summed E-state index contributed by atoms with van der Waals surface area (Å²) in [5.41, 5.74) is 1.06. The fourth-order valence-electron chi connectivity index (χ4n) is 0.961. The minimum absolute atomic E-state index is 0.533. The first kappa shape index (κ1) is 10.9. The summed E-state index contributed by atoms with van der Waals surface area (Å²) in [6, 6.07) is 5.49. The summed E-state index contributed by atoms with van der Waals surface area (Å²) in [5, 5.41) is 1.36. The molecule has 0 bridgehead atoms. The van der Waals surface area contributed by atoms with Gasteiger partial charge in [0.1, 0.15) is 0 Å². The number of rotatable bonds is 3. The minimum Gasteiger partial charge on any atom is -0.122 e. The van der Waals surface area contributed by atoms with Gasteiger partial charge in [-0.15, -0.1) is 11.6 Å². The second-order valence-electron chi connectivity index (χ2n) is 2.57. The van der Waals surface area contributed by atoms with Crippen molar-refractivity contribution in [2.75, 3.05) is 5.88 Å². The van der Waals surface area contributed by atoms with Crippen LogP contribution in [-0.2, 0) is 6.42 Å². The van der Waals surface area contributed by atoms with Crippen molar-refractivity contribution in [1.82, 2.24) is 0 Å². The number of alkyl halides is 1. The summed E-state index contributed by atoms with van der Waals surface area (Å²) < 4.78 is 0. The first-order valence-electron chi connectivity index (χ1n) is 3.89. The Balaban J connectivity index is 2.72. The molecular weight excluding hydrogens is 226 g/mol. The van der Waals surface area contributed by atoms with E-state index in [4.69, 9.17) is 34.8 Å². The van der Waals surface area contributed by atoms with E-state index in [0.717, 1.165) is 12.0 Å². The SMILES string of the molecule is ClC/C=C/Cc1ccc(Cl)cc1Cl. The Morgan fingerprint density at radius 2 is 1.92 bits per heavy atom. The van der Waals surface area contributed by atoms with Gasteiger partial charge >= 0.3 is 0 Å². The summed E-state index contributed by atoms with van der Waals surface area (Å²) in [5.74, 6) is 0.533. The zero-order valence-corrected chi connectivity index (χ0v) is 9.20. The van der Waals surface area contributed by atoms with E-state index in [-0.39, 0.29) is 0 Å². The maximum absolute atomic E-state index is 5.96. The number of hydrogen-bond acceptors (Lipinski definition) is 0. The fourth-order valence-corrected chi connectivity index (χ4v) is 1.57. The van der Waals surface area contributed by atoms with Gasteiger partial charge in [-0.05, 0) is 24.1 Å². The van der Waals surface area contributed by atoms with Gasteiger partial charge in [0, 0.05) is 15.9 Å². The molecule has 0 radical (unpaired) electrons. The molecule has 0 saturated carbocycles. The van der Waals surface area contributed by atoms with Gasteiger partial charge < -0.3 is 0 Å². The van der Waals surface area contributed by atoms with E-state index < -0.39 is 0 Å². The topological polar surface area (TPSA) is 0 Å². The predicted molar refractivity (Wildman–Crippen MR) is 60.0 cm³/mol. The highest BCUT2D eigenvalue weighted by Gasteiger charge is 1.98. The summed E-state index contributed by atoms with van der Waals surface area (Å²) >= 11 is 17.2. The van der Waals surface area contributed by atoms with Crippen LogP contribution in [-0.4, -0.2) is 5.88 Å². The Morgan fingerprint density at radius 3 is 2.54 bits per heavy atom. The lowest BCUT2D eigenvalue weighted by Crippen LogP contribution is -1.82. The molecule has 0 unspecified atom stereocenters. The van der Waals surface area contributed by atoms with Crippen LogP contribution < -0.4 is 0 Å². The van der Waals surface area contributed by atoms with Gasteiger partial charge in [-0.3, -0.25) is 0 Å². The van der Waals surface area contributed by atoms with E-state index >= 15 is 0 Å². The molecule has 0 fully saturated rings. The Kier molecular flexibility index (Phi) is 4.65. The van der Waals surface area contributed by atoms with E-state index in [9.17, 15) is 0 Å². The van der Waals surface area contributed by atoms with E-state index in [1.165, 1.54) is 0 Å². The molecule has 1 rings (SSSR count). The van der Waals surface area contributed by atoms with Crippen molar-refractivity contribution in [2.24, 2.45) is 0 Å². The van der Waals surface area contributed by atoms with E-state index in [1.807, 2.05) is 24.3 Å². The van der Waals surface area contributed by atoms with Crippen LogP contribution in [0.3, 0.4) is 0 Å². The molecule has 0 aliphatic carbocycles. The minimum atomic E-state index is 0.533. The van der Waals surface area contributed by atoms with Crippen LogP contribution in [0.5, 0.6) is 0 Å². The van der Waals surface area contributed by atoms with Crippen molar-refractivity contribution in [3.05, 3.63) is 46.0 Å². The number of halogens is 3. The lowest BCUT2D eigenvalue weighted by atomic mass is 10.1. The first-order chi connectivity index (χ1) is 6.24. The monoisotopic (exact) mass is 234 g/mol. The number of hydrogen-bond donors (Lipinski definition) is 0. The third kappa shape index (κ3) is 3.60. The third-order valence-corrected chi connectivity index (χ3v) is 2.37. The van der Waals surface area contributed by atoms with Crippen molar-refractivity contribution < 1.29 is 0 Å². The van der Waals surface area contributed by atoms with Crippen LogP contribution in [0.25, 0.3) is 0 Å². The summed E-state index contributed by atoms with van der Waals surface area (Å²) in [7, 11) is 0. The summed E-state index contributed by atoms with van der Waals surface area (Å²) in [4.78, 5) is 0. The Morgan fingerprint density at radius 1 is 1.15 bits per heavy atom. The third-order valence-electron chi connectivity index (χ3n) is 1.61. The largest absolute Gasteiger partial charge is 0.122 e. The standard InChI is InChI=1S/C10H9Cl3/c11-6-2-1-3-8-4-5-9(12)7-10(8)13/h1-2,4-5,7H,3,6H2/b2-1+. The van der Waals surface area contributed by atoms with Gasteiger partial charge in [0.25, 0.3) is 0 Å². The maximum Gasteiger partial charge on any atom is 0.0455 e. The fraction of sp³-hybridized carbons (Fsp3) is 0.200. The number of allylic oxidation sites excluding steroid dienone is 2. The van der Waals surface area contributed by atoms with Crippen molar-refractivity contribution in [3.63, 3.8) is 0 Å².